The van der Waals surface area contributed by atoms with Gasteiger partial charge in [0.1, 0.15) is 5.82 Å². The second-order valence-corrected chi connectivity index (χ2v) is 8.48. The summed E-state index contributed by atoms with van der Waals surface area (Å²) in [7, 11) is 0. The lowest BCUT2D eigenvalue weighted by atomic mass is 9.92. The maximum atomic E-state index is 14.9. The van der Waals surface area contributed by atoms with Crippen molar-refractivity contribution >= 4 is 35.1 Å². The lowest BCUT2D eigenvalue weighted by molar-refractivity contribution is 0.0528. The number of ether oxygens (including phenoxy) is 1. The summed E-state index contributed by atoms with van der Waals surface area (Å²) in [6.45, 7) is 6.87. The molecule has 2 aromatic heterocycles. The lowest BCUT2D eigenvalue weighted by Crippen LogP contribution is -2.43. The number of piperazine rings is 1. The molecule has 0 unspecified atom stereocenters. The second kappa shape index (κ2) is 10.8. The summed E-state index contributed by atoms with van der Waals surface area (Å²) in [6, 6.07) is 9.02. The first-order valence-electron chi connectivity index (χ1n) is 11.7. The number of fused-ring (bicyclic) bond motifs is 1. The molecule has 0 saturated carbocycles. The van der Waals surface area contributed by atoms with Gasteiger partial charge in [-0.05, 0) is 43.7 Å². The number of halogens is 4. The molecule has 0 aliphatic carbocycles. The van der Waals surface area contributed by atoms with E-state index < -0.39 is 29.0 Å². The Kier molecular flexibility index (Phi) is 7.70. The standard InChI is InChI=1S/C26H24F3N5O2.ClH/c1-3-36-26(35)22-20(15-4-6-16(7-5-15)34-12-10-30-11-13-34)19-14(2)32-33-25(19)31-24(22)21-17(27)8-9-18(28)23(21)29;/h4-9,30H,3,10-13H2,1-2H3,(H,31,32,33);1H. The lowest BCUT2D eigenvalue weighted by Gasteiger charge is -2.29. The first kappa shape index (κ1) is 26.4. The smallest absolute Gasteiger partial charge is 0.341 e. The first-order valence-corrected chi connectivity index (χ1v) is 11.7. The summed E-state index contributed by atoms with van der Waals surface area (Å²) in [5.74, 6) is -4.59. The van der Waals surface area contributed by atoms with Gasteiger partial charge in [0.25, 0.3) is 0 Å². The number of nitrogens with one attached hydrogen (secondary N) is 2. The molecule has 0 atom stereocenters. The van der Waals surface area contributed by atoms with Crippen molar-refractivity contribution in [2.24, 2.45) is 0 Å². The number of carbonyl (C=O) groups is 1. The molecule has 0 radical (unpaired) electrons. The fourth-order valence-corrected chi connectivity index (χ4v) is 4.58. The number of benzene rings is 2. The van der Waals surface area contributed by atoms with Crippen LogP contribution in [0.25, 0.3) is 33.4 Å². The Morgan fingerprint density at radius 1 is 1.03 bits per heavy atom. The van der Waals surface area contributed by atoms with E-state index >= 15 is 0 Å². The van der Waals surface area contributed by atoms with Gasteiger partial charge < -0.3 is 15.0 Å². The molecular formula is C26H25ClF3N5O2. The van der Waals surface area contributed by atoms with Crippen LogP contribution in [0.4, 0.5) is 18.9 Å². The molecule has 3 heterocycles. The minimum Gasteiger partial charge on any atom is -0.462 e. The van der Waals surface area contributed by atoms with Crippen LogP contribution in [-0.4, -0.2) is 53.9 Å². The number of anilines is 1. The van der Waals surface area contributed by atoms with Crippen molar-refractivity contribution in [3.63, 3.8) is 0 Å². The minimum absolute atomic E-state index is 0. The highest BCUT2D eigenvalue weighted by Gasteiger charge is 2.30. The summed E-state index contributed by atoms with van der Waals surface area (Å²) < 4.78 is 49.3. The molecule has 0 amide bonds. The van der Waals surface area contributed by atoms with Gasteiger partial charge in [-0.2, -0.15) is 5.10 Å². The van der Waals surface area contributed by atoms with Crippen LogP contribution in [-0.2, 0) is 4.74 Å². The zero-order valence-corrected chi connectivity index (χ0v) is 21.0. The molecule has 1 saturated heterocycles. The molecule has 0 bridgehead atoms. The van der Waals surface area contributed by atoms with Crippen molar-refractivity contribution < 1.29 is 22.7 Å². The van der Waals surface area contributed by atoms with Crippen LogP contribution in [0.1, 0.15) is 23.0 Å². The number of hydrogen-bond acceptors (Lipinski definition) is 6. The Morgan fingerprint density at radius 3 is 2.38 bits per heavy atom. The van der Waals surface area contributed by atoms with E-state index in [9.17, 15) is 18.0 Å². The zero-order chi connectivity index (χ0) is 25.4. The van der Waals surface area contributed by atoms with Crippen LogP contribution in [0.2, 0.25) is 0 Å². The number of pyridine rings is 1. The van der Waals surface area contributed by atoms with E-state index in [0.717, 1.165) is 37.9 Å². The van der Waals surface area contributed by atoms with Crippen LogP contribution < -0.4 is 10.2 Å². The van der Waals surface area contributed by atoms with Crippen LogP contribution in [0.15, 0.2) is 36.4 Å². The summed E-state index contributed by atoms with van der Waals surface area (Å²) in [5, 5.41) is 10.8. The number of hydrogen-bond donors (Lipinski definition) is 2. The van der Waals surface area contributed by atoms with Crippen molar-refractivity contribution in [1.82, 2.24) is 20.5 Å². The third-order valence-corrected chi connectivity index (χ3v) is 6.28. The molecule has 1 aliphatic heterocycles. The molecule has 37 heavy (non-hydrogen) atoms. The van der Waals surface area contributed by atoms with E-state index in [4.69, 9.17) is 4.74 Å². The second-order valence-electron chi connectivity index (χ2n) is 8.48. The molecule has 1 aliphatic rings. The average Bonchev–Trinajstić information content (AvgIpc) is 3.26. The number of rotatable bonds is 5. The topological polar surface area (TPSA) is 83.1 Å². The van der Waals surface area contributed by atoms with Crippen molar-refractivity contribution in [3.05, 3.63) is 65.1 Å². The third-order valence-electron chi connectivity index (χ3n) is 6.28. The highest BCUT2D eigenvalue weighted by molar-refractivity contribution is 6.11. The number of H-pyrrole nitrogens is 1. The van der Waals surface area contributed by atoms with Crippen molar-refractivity contribution in [2.45, 2.75) is 13.8 Å². The maximum absolute atomic E-state index is 14.9. The van der Waals surface area contributed by atoms with E-state index in [0.29, 0.717) is 28.3 Å². The van der Waals surface area contributed by atoms with Gasteiger partial charge >= 0.3 is 5.97 Å². The van der Waals surface area contributed by atoms with Crippen molar-refractivity contribution in [1.29, 1.82) is 0 Å². The highest BCUT2D eigenvalue weighted by atomic mass is 35.5. The van der Waals surface area contributed by atoms with Crippen molar-refractivity contribution in [3.8, 4) is 22.4 Å². The van der Waals surface area contributed by atoms with Gasteiger partial charge in [0.2, 0.25) is 0 Å². The molecule has 194 valence electrons. The normalized spacial score (nSPS) is 13.5. The largest absolute Gasteiger partial charge is 0.462 e. The number of carbonyl (C=O) groups excluding carboxylic acids is 1. The Morgan fingerprint density at radius 2 is 1.70 bits per heavy atom. The van der Waals surface area contributed by atoms with Crippen LogP contribution >= 0.6 is 12.4 Å². The van der Waals surface area contributed by atoms with Gasteiger partial charge in [-0.15, -0.1) is 12.4 Å². The van der Waals surface area contributed by atoms with E-state index in [1.165, 1.54) is 0 Å². The molecule has 2 aromatic carbocycles. The predicted molar refractivity (Wildman–Crippen MR) is 138 cm³/mol. The molecule has 5 rings (SSSR count). The van der Waals surface area contributed by atoms with Crippen LogP contribution in [0.5, 0.6) is 0 Å². The van der Waals surface area contributed by atoms with Gasteiger partial charge in [0.05, 0.1) is 28.8 Å². The van der Waals surface area contributed by atoms with E-state index in [1.807, 2.05) is 24.3 Å². The van der Waals surface area contributed by atoms with Gasteiger partial charge in [-0.1, -0.05) is 12.1 Å². The monoisotopic (exact) mass is 531 g/mol. The Bertz CT molecular complexity index is 1450. The molecular weight excluding hydrogens is 507 g/mol. The van der Waals surface area contributed by atoms with Gasteiger partial charge in [0, 0.05) is 43.1 Å². The number of aromatic nitrogens is 3. The van der Waals surface area contributed by atoms with E-state index in [1.54, 1.807) is 13.8 Å². The SMILES string of the molecule is CCOC(=O)c1c(-c2c(F)ccc(F)c2F)nc2n[nH]c(C)c2c1-c1ccc(N2CCNCC2)cc1.Cl. The number of aryl methyl sites for hydroxylation is 1. The first-order chi connectivity index (χ1) is 17.4. The predicted octanol–water partition coefficient (Wildman–Crippen LogP) is 5.03. The van der Waals surface area contributed by atoms with Crippen LogP contribution in [0, 0.1) is 24.4 Å². The summed E-state index contributed by atoms with van der Waals surface area (Å²) in [4.78, 5) is 19.8. The van der Waals surface area contributed by atoms with Crippen molar-refractivity contribution in [2.75, 3.05) is 37.7 Å². The third kappa shape index (κ3) is 4.74. The highest BCUT2D eigenvalue weighted by Crippen LogP contribution is 2.40. The molecule has 2 N–H and O–H groups in total. The molecule has 11 heteroatoms. The molecule has 4 aromatic rings. The number of aromatic amines is 1. The quantitative estimate of drug-likeness (QED) is 0.278. The van der Waals surface area contributed by atoms with Gasteiger partial charge in [-0.3, -0.25) is 5.10 Å². The van der Waals surface area contributed by atoms with E-state index in [-0.39, 0.29) is 35.9 Å². The Hall–Kier alpha value is -3.63. The molecule has 1 fully saturated rings. The maximum Gasteiger partial charge on any atom is 0.341 e. The number of nitrogens with zero attached hydrogens (tertiary/aromatic N) is 3. The minimum atomic E-state index is -1.44. The molecule has 7 nitrogen and oxygen atoms in total. The fraction of sp³-hybridized carbons (Fsp3) is 0.269. The summed E-state index contributed by atoms with van der Waals surface area (Å²) >= 11 is 0. The Labute approximate surface area is 217 Å². The van der Waals surface area contributed by atoms with Gasteiger partial charge in [-0.25, -0.2) is 22.9 Å². The van der Waals surface area contributed by atoms with Gasteiger partial charge in [0.15, 0.2) is 17.3 Å². The summed E-state index contributed by atoms with van der Waals surface area (Å²) in [6.07, 6.45) is 0. The average molecular weight is 532 g/mol. The molecule has 0 spiro atoms. The summed E-state index contributed by atoms with van der Waals surface area (Å²) in [5.41, 5.74) is 1.43. The number of esters is 1. The Balaban J connectivity index is 0.00000320. The fourth-order valence-electron chi connectivity index (χ4n) is 4.58. The van der Waals surface area contributed by atoms with E-state index in [2.05, 4.69) is 25.4 Å². The zero-order valence-electron chi connectivity index (χ0n) is 20.2. The van der Waals surface area contributed by atoms with Crippen LogP contribution in [0.3, 0.4) is 0 Å².